The number of para-hydroxylation sites is 1. The highest BCUT2D eigenvalue weighted by Crippen LogP contribution is 2.24. The van der Waals surface area contributed by atoms with Crippen LogP contribution in [0.15, 0.2) is 29.2 Å². The minimum absolute atomic E-state index is 0.686. The van der Waals surface area contributed by atoms with Gasteiger partial charge in [-0.2, -0.15) is 0 Å². The van der Waals surface area contributed by atoms with Crippen LogP contribution in [0.5, 0.6) is 0 Å². The van der Waals surface area contributed by atoms with Crippen molar-refractivity contribution in [3.63, 3.8) is 0 Å². The molecule has 3 nitrogen and oxygen atoms in total. The molecule has 1 rings (SSSR count). The minimum atomic E-state index is -1.99. The average Bonchev–Trinajstić information content (AvgIpc) is 2.04. The molecule has 2 N–H and O–H groups in total. The number of hydrogen-bond acceptors (Lipinski definition) is 2. The van der Waals surface area contributed by atoms with E-state index in [1.165, 1.54) is 11.8 Å². The Bertz CT molecular complexity index is 290. The van der Waals surface area contributed by atoms with Gasteiger partial charge in [-0.05, 0) is 18.4 Å². The lowest BCUT2D eigenvalue weighted by molar-refractivity contribution is 0.570. The molecule has 0 aliphatic rings. The Labute approximate surface area is 78.0 Å². The van der Waals surface area contributed by atoms with Crippen molar-refractivity contribution in [1.29, 1.82) is 0 Å². The van der Waals surface area contributed by atoms with E-state index in [0.29, 0.717) is 5.69 Å². The second kappa shape index (κ2) is 4.49. The summed E-state index contributed by atoms with van der Waals surface area (Å²) in [6, 6.07) is 7.35. The quantitative estimate of drug-likeness (QED) is 0.583. The summed E-state index contributed by atoms with van der Waals surface area (Å²) in [5, 5.41) is 0. The van der Waals surface area contributed by atoms with Gasteiger partial charge >= 0.3 is 0 Å². The van der Waals surface area contributed by atoms with Crippen molar-refractivity contribution >= 4 is 28.7 Å². The van der Waals surface area contributed by atoms with Gasteiger partial charge in [0.15, 0.2) is 0 Å². The standard InChI is InChI=1S/C7H9NO2S2/c1-11-7-5-3-2-4-6(7)8-12(9)10/h2-5,8H,1H3,(H,9,10). The number of benzene rings is 1. The SMILES string of the molecule is CSc1ccccc1NS(=O)O. The molecule has 0 aliphatic carbocycles. The van der Waals surface area contributed by atoms with Crippen LogP contribution in [-0.4, -0.2) is 15.0 Å². The molecule has 0 bridgehead atoms. The van der Waals surface area contributed by atoms with Crippen LogP contribution in [-0.2, 0) is 11.3 Å². The topological polar surface area (TPSA) is 49.3 Å². The molecule has 1 atom stereocenters. The molecule has 0 fully saturated rings. The fourth-order valence-electron chi connectivity index (χ4n) is 0.823. The molecule has 1 aromatic rings. The molecular formula is C7H9NO2S2. The van der Waals surface area contributed by atoms with Crippen LogP contribution in [0, 0.1) is 0 Å². The molecule has 12 heavy (non-hydrogen) atoms. The predicted octanol–water partition coefficient (Wildman–Crippen LogP) is 1.96. The fourth-order valence-corrected chi connectivity index (χ4v) is 1.81. The van der Waals surface area contributed by atoms with E-state index in [-0.39, 0.29) is 0 Å². The molecule has 66 valence electrons. The third kappa shape index (κ3) is 2.51. The van der Waals surface area contributed by atoms with E-state index in [1.54, 1.807) is 6.07 Å². The van der Waals surface area contributed by atoms with Crippen molar-refractivity contribution in [3.05, 3.63) is 24.3 Å². The Morgan fingerprint density at radius 1 is 1.50 bits per heavy atom. The van der Waals surface area contributed by atoms with E-state index in [9.17, 15) is 4.21 Å². The molecule has 0 spiro atoms. The molecule has 0 aliphatic heterocycles. The van der Waals surface area contributed by atoms with E-state index in [2.05, 4.69) is 4.72 Å². The maximum atomic E-state index is 10.4. The number of thioether (sulfide) groups is 1. The summed E-state index contributed by atoms with van der Waals surface area (Å²) in [5.41, 5.74) is 0.686. The zero-order chi connectivity index (χ0) is 8.97. The first kappa shape index (κ1) is 9.57. The number of nitrogens with one attached hydrogen (secondary N) is 1. The maximum absolute atomic E-state index is 10.4. The van der Waals surface area contributed by atoms with Gasteiger partial charge in [-0.1, -0.05) is 12.1 Å². The highest BCUT2D eigenvalue weighted by Gasteiger charge is 2.00. The summed E-state index contributed by atoms with van der Waals surface area (Å²) in [5.74, 6) is 0. The zero-order valence-electron chi connectivity index (χ0n) is 6.48. The van der Waals surface area contributed by atoms with Gasteiger partial charge < -0.3 is 0 Å². The molecule has 1 unspecified atom stereocenters. The first-order chi connectivity index (χ1) is 5.74. The second-order valence-corrected chi connectivity index (χ2v) is 3.60. The van der Waals surface area contributed by atoms with Crippen molar-refractivity contribution in [3.8, 4) is 0 Å². The van der Waals surface area contributed by atoms with E-state index in [1.807, 2.05) is 24.5 Å². The minimum Gasteiger partial charge on any atom is -0.289 e. The van der Waals surface area contributed by atoms with E-state index < -0.39 is 11.3 Å². The monoisotopic (exact) mass is 203 g/mol. The largest absolute Gasteiger partial charge is 0.289 e. The van der Waals surface area contributed by atoms with Gasteiger partial charge in [0.1, 0.15) is 0 Å². The lowest BCUT2D eigenvalue weighted by Gasteiger charge is -2.05. The highest BCUT2D eigenvalue weighted by atomic mass is 32.2. The zero-order valence-corrected chi connectivity index (χ0v) is 8.11. The van der Waals surface area contributed by atoms with Crippen LogP contribution in [0.4, 0.5) is 5.69 Å². The predicted molar refractivity (Wildman–Crippen MR) is 52.6 cm³/mol. The van der Waals surface area contributed by atoms with Crippen molar-refractivity contribution in [2.75, 3.05) is 11.0 Å². The molecule has 0 heterocycles. The molecule has 0 saturated carbocycles. The molecule has 0 radical (unpaired) electrons. The Morgan fingerprint density at radius 3 is 2.75 bits per heavy atom. The summed E-state index contributed by atoms with van der Waals surface area (Å²) in [7, 11) is 0. The Balaban J connectivity index is 2.89. The van der Waals surface area contributed by atoms with Gasteiger partial charge in [0, 0.05) is 4.90 Å². The van der Waals surface area contributed by atoms with Gasteiger partial charge in [-0.3, -0.25) is 9.27 Å². The third-order valence-corrected chi connectivity index (χ3v) is 2.49. The van der Waals surface area contributed by atoms with Crippen molar-refractivity contribution in [1.82, 2.24) is 0 Å². The molecule has 1 aromatic carbocycles. The third-order valence-electron chi connectivity index (χ3n) is 1.30. The molecular weight excluding hydrogens is 194 g/mol. The van der Waals surface area contributed by atoms with Crippen LogP contribution >= 0.6 is 11.8 Å². The van der Waals surface area contributed by atoms with E-state index in [4.69, 9.17) is 4.55 Å². The van der Waals surface area contributed by atoms with Crippen molar-refractivity contribution in [2.45, 2.75) is 4.90 Å². The summed E-state index contributed by atoms with van der Waals surface area (Å²) in [6.07, 6.45) is 1.92. The lowest BCUT2D eigenvalue weighted by Crippen LogP contribution is -2.02. The first-order valence-corrected chi connectivity index (χ1v) is 5.57. The van der Waals surface area contributed by atoms with Crippen LogP contribution in [0.1, 0.15) is 0 Å². The Kier molecular flexibility index (Phi) is 3.58. The Hall–Kier alpha value is -0.520. The van der Waals surface area contributed by atoms with Gasteiger partial charge in [-0.15, -0.1) is 11.8 Å². The van der Waals surface area contributed by atoms with E-state index in [0.717, 1.165) is 4.90 Å². The summed E-state index contributed by atoms with van der Waals surface area (Å²) in [6.45, 7) is 0. The summed E-state index contributed by atoms with van der Waals surface area (Å²) in [4.78, 5) is 0.958. The average molecular weight is 203 g/mol. The van der Waals surface area contributed by atoms with E-state index >= 15 is 0 Å². The number of hydrogen-bond donors (Lipinski definition) is 2. The normalized spacial score (nSPS) is 12.5. The molecule has 0 amide bonds. The van der Waals surface area contributed by atoms with Gasteiger partial charge in [0.2, 0.25) is 0 Å². The van der Waals surface area contributed by atoms with Gasteiger partial charge in [0.05, 0.1) is 5.69 Å². The van der Waals surface area contributed by atoms with Crippen LogP contribution < -0.4 is 4.72 Å². The van der Waals surface area contributed by atoms with Crippen molar-refractivity contribution < 1.29 is 8.76 Å². The Morgan fingerprint density at radius 2 is 2.17 bits per heavy atom. The molecule has 0 aromatic heterocycles. The van der Waals surface area contributed by atoms with Crippen LogP contribution in [0.2, 0.25) is 0 Å². The smallest absolute Gasteiger partial charge is 0.259 e. The highest BCUT2D eigenvalue weighted by molar-refractivity contribution is 7.98. The number of rotatable bonds is 3. The summed E-state index contributed by atoms with van der Waals surface area (Å²) < 4.78 is 21.4. The molecule has 5 heteroatoms. The maximum Gasteiger partial charge on any atom is 0.259 e. The first-order valence-electron chi connectivity index (χ1n) is 3.24. The number of anilines is 1. The summed E-state index contributed by atoms with van der Waals surface area (Å²) >= 11 is -0.462. The lowest BCUT2D eigenvalue weighted by atomic mass is 10.3. The molecule has 0 saturated heterocycles. The fraction of sp³-hybridized carbons (Fsp3) is 0.143. The van der Waals surface area contributed by atoms with Crippen LogP contribution in [0.3, 0.4) is 0 Å². The second-order valence-electron chi connectivity index (χ2n) is 2.05. The van der Waals surface area contributed by atoms with Gasteiger partial charge in [-0.25, -0.2) is 4.21 Å². The van der Waals surface area contributed by atoms with Crippen LogP contribution in [0.25, 0.3) is 0 Å². The van der Waals surface area contributed by atoms with Crippen molar-refractivity contribution in [2.24, 2.45) is 0 Å². The van der Waals surface area contributed by atoms with Gasteiger partial charge in [0.25, 0.3) is 11.3 Å².